The Balaban J connectivity index is 1.71. The average molecular weight is 376 g/mol. The van der Waals surface area contributed by atoms with E-state index < -0.39 is 6.09 Å². The molecule has 3 aromatic rings. The number of ether oxygens (including phenoxy) is 1. The highest BCUT2D eigenvalue weighted by Gasteiger charge is 2.25. The number of carboxylic acid groups (broad SMARTS) is 1. The third-order valence-electron chi connectivity index (χ3n) is 5.08. The number of carbonyl (C=O) groups is 2. The molecule has 1 aliphatic carbocycles. The fourth-order valence-corrected chi connectivity index (χ4v) is 3.84. The van der Waals surface area contributed by atoms with Crippen LogP contribution in [-0.4, -0.2) is 28.6 Å². The number of amides is 1. The normalized spacial score (nSPS) is 15.2. The van der Waals surface area contributed by atoms with Crippen molar-refractivity contribution in [2.75, 3.05) is 6.61 Å². The van der Waals surface area contributed by atoms with Gasteiger partial charge in [0.1, 0.15) is 0 Å². The van der Waals surface area contributed by atoms with E-state index in [0.717, 1.165) is 28.3 Å². The third-order valence-corrected chi connectivity index (χ3v) is 5.08. The van der Waals surface area contributed by atoms with Gasteiger partial charge in [-0.15, -0.1) is 0 Å². The molecule has 0 radical (unpaired) electrons. The van der Waals surface area contributed by atoms with Gasteiger partial charge in [-0.1, -0.05) is 24.3 Å². The Morgan fingerprint density at radius 2 is 2.07 bits per heavy atom. The maximum Gasteiger partial charge on any atom is 0.405 e. The number of pyridine rings is 1. The number of aromatic nitrogens is 1. The van der Waals surface area contributed by atoms with E-state index in [4.69, 9.17) is 9.84 Å². The summed E-state index contributed by atoms with van der Waals surface area (Å²) in [5.41, 5.74) is 3.15. The lowest BCUT2D eigenvalue weighted by atomic mass is 9.95. The fourth-order valence-electron chi connectivity index (χ4n) is 3.84. The van der Waals surface area contributed by atoms with E-state index in [1.165, 1.54) is 0 Å². The zero-order valence-electron chi connectivity index (χ0n) is 15.4. The molecule has 1 amide bonds. The number of hydrogen-bond donors (Lipinski definition) is 2. The summed E-state index contributed by atoms with van der Waals surface area (Å²) in [4.78, 5) is 28.4. The van der Waals surface area contributed by atoms with E-state index in [-0.39, 0.29) is 11.8 Å². The molecule has 2 aromatic carbocycles. The molecule has 0 fully saturated rings. The van der Waals surface area contributed by atoms with E-state index in [1.807, 2.05) is 43.3 Å². The molecule has 142 valence electrons. The first kappa shape index (κ1) is 18.0. The molecule has 0 saturated carbocycles. The van der Waals surface area contributed by atoms with E-state index in [1.54, 1.807) is 12.3 Å². The Hall–Kier alpha value is -3.41. The monoisotopic (exact) mass is 376 g/mol. The van der Waals surface area contributed by atoms with Crippen LogP contribution in [0.15, 0.2) is 48.7 Å². The quantitative estimate of drug-likeness (QED) is 0.654. The number of nitrogens with zero attached hydrogens (tertiary/aromatic N) is 1. The molecule has 0 saturated heterocycles. The molecular weight excluding hydrogens is 356 g/mol. The lowest BCUT2D eigenvalue weighted by Crippen LogP contribution is -2.24. The number of hydrogen-bond acceptors (Lipinski definition) is 4. The van der Waals surface area contributed by atoms with Gasteiger partial charge in [-0.25, -0.2) is 9.78 Å². The molecule has 4 rings (SSSR count). The number of nitrogens with one attached hydrogen (secondary N) is 1. The van der Waals surface area contributed by atoms with Crippen LogP contribution in [-0.2, 0) is 6.42 Å². The van der Waals surface area contributed by atoms with Crippen molar-refractivity contribution < 1.29 is 19.4 Å². The van der Waals surface area contributed by atoms with E-state index in [2.05, 4.69) is 10.3 Å². The largest absolute Gasteiger partial charge is 0.478 e. The number of fused-ring (bicyclic) bond motifs is 2. The Morgan fingerprint density at radius 3 is 2.86 bits per heavy atom. The summed E-state index contributed by atoms with van der Waals surface area (Å²) in [6.07, 6.45) is 2.06. The molecule has 6 heteroatoms. The minimum Gasteiger partial charge on any atom is -0.478 e. The standard InChI is InChI=1S/C22H20N2O4/c1-2-28-21-18-5-3-4-17(16(18)10-11-23-21)20(25)14-6-8-15-13(12-14)7-9-19(15)24-22(26)27/h3-6,8,10-12,19,24H,2,7,9H2,1H3,(H,26,27)/t19-/m0/s1. The first-order valence-corrected chi connectivity index (χ1v) is 9.26. The van der Waals surface area contributed by atoms with Crippen molar-refractivity contribution in [3.05, 3.63) is 70.9 Å². The second-order valence-corrected chi connectivity index (χ2v) is 6.73. The van der Waals surface area contributed by atoms with Crippen LogP contribution in [0.25, 0.3) is 10.8 Å². The van der Waals surface area contributed by atoms with Gasteiger partial charge in [-0.3, -0.25) is 4.79 Å². The van der Waals surface area contributed by atoms with E-state index >= 15 is 0 Å². The van der Waals surface area contributed by atoms with Crippen molar-refractivity contribution >= 4 is 22.6 Å². The zero-order chi connectivity index (χ0) is 19.7. The van der Waals surface area contributed by atoms with Crippen molar-refractivity contribution in [1.82, 2.24) is 10.3 Å². The molecule has 2 N–H and O–H groups in total. The Morgan fingerprint density at radius 1 is 1.21 bits per heavy atom. The molecule has 0 unspecified atom stereocenters. The molecule has 6 nitrogen and oxygen atoms in total. The SMILES string of the molecule is CCOc1nccc2c(C(=O)c3ccc4c(c3)CC[C@@H]4NC(=O)O)cccc12. The van der Waals surface area contributed by atoms with Gasteiger partial charge in [0, 0.05) is 22.7 Å². The van der Waals surface area contributed by atoms with Crippen LogP contribution in [0, 0.1) is 0 Å². The Labute approximate surface area is 162 Å². The van der Waals surface area contributed by atoms with E-state index in [0.29, 0.717) is 30.0 Å². The number of carbonyl (C=O) groups excluding carboxylic acids is 1. The van der Waals surface area contributed by atoms with Crippen LogP contribution >= 0.6 is 0 Å². The summed E-state index contributed by atoms with van der Waals surface area (Å²) >= 11 is 0. The van der Waals surface area contributed by atoms with Crippen molar-refractivity contribution in [3.8, 4) is 5.88 Å². The van der Waals surface area contributed by atoms with Gasteiger partial charge in [0.15, 0.2) is 5.78 Å². The van der Waals surface area contributed by atoms with Crippen LogP contribution in [0.5, 0.6) is 5.88 Å². The summed E-state index contributed by atoms with van der Waals surface area (Å²) < 4.78 is 5.59. The van der Waals surface area contributed by atoms with Gasteiger partial charge in [-0.2, -0.15) is 0 Å². The summed E-state index contributed by atoms with van der Waals surface area (Å²) in [5.74, 6) is 0.447. The molecule has 28 heavy (non-hydrogen) atoms. The maximum atomic E-state index is 13.2. The zero-order valence-corrected chi connectivity index (χ0v) is 15.4. The second-order valence-electron chi connectivity index (χ2n) is 6.73. The van der Waals surface area contributed by atoms with Gasteiger partial charge in [-0.05, 0) is 54.5 Å². The topological polar surface area (TPSA) is 88.5 Å². The molecule has 0 spiro atoms. The third kappa shape index (κ3) is 3.17. The van der Waals surface area contributed by atoms with E-state index in [9.17, 15) is 9.59 Å². The second kappa shape index (κ2) is 7.31. The number of ketones is 1. The van der Waals surface area contributed by atoms with Crippen molar-refractivity contribution in [1.29, 1.82) is 0 Å². The van der Waals surface area contributed by atoms with Crippen LogP contribution in [0.4, 0.5) is 4.79 Å². The first-order chi connectivity index (χ1) is 13.6. The summed E-state index contributed by atoms with van der Waals surface area (Å²) in [6, 6.07) is 12.7. The summed E-state index contributed by atoms with van der Waals surface area (Å²) in [5, 5.41) is 13.1. The number of aryl methyl sites for hydroxylation is 1. The molecular formula is C22H20N2O4. The van der Waals surface area contributed by atoms with Crippen molar-refractivity contribution in [2.24, 2.45) is 0 Å². The van der Waals surface area contributed by atoms with Gasteiger partial charge in [0.2, 0.25) is 5.88 Å². The van der Waals surface area contributed by atoms with Gasteiger partial charge < -0.3 is 15.2 Å². The van der Waals surface area contributed by atoms with Gasteiger partial charge >= 0.3 is 6.09 Å². The van der Waals surface area contributed by atoms with Crippen LogP contribution < -0.4 is 10.1 Å². The van der Waals surface area contributed by atoms with Gasteiger partial charge in [0.25, 0.3) is 0 Å². The van der Waals surface area contributed by atoms with Crippen molar-refractivity contribution in [3.63, 3.8) is 0 Å². The fraction of sp³-hybridized carbons (Fsp3) is 0.227. The highest BCUT2D eigenvalue weighted by Crippen LogP contribution is 2.33. The first-order valence-electron chi connectivity index (χ1n) is 9.26. The lowest BCUT2D eigenvalue weighted by Gasteiger charge is -2.12. The Kier molecular flexibility index (Phi) is 4.69. The van der Waals surface area contributed by atoms with Crippen molar-refractivity contribution in [2.45, 2.75) is 25.8 Å². The molecule has 1 aliphatic rings. The van der Waals surface area contributed by atoms with Crippen LogP contribution in [0.1, 0.15) is 46.4 Å². The summed E-state index contributed by atoms with van der Waals surface area (Å²) in [6.45, 7) is 2.40. The van der Waals surface area contributed by atoms with Gasteiger partial charge in [0.05, 0.1) is 12.6 Å². The molecule has 0 bridgehead atoms. The molecule has 1 atom stereocenters. The number of benzene rings is 2. The average Bonchev–Trinajstić information content (AvgIpc) is 3.09. The smallest absolute Gasteiger partial charge is 0.405 e. The van der Waals surface area contributed by atoms with Crippen LogP contribution in [0.3, 0.4) is 0 Å². The predicted octanol–water partition coefficient (Wildman–Crippen LogP) is 4.12. The van der Waals surface area contributed by atoms with Crippen LogP contribution in [0.2, 0.25) is 0 Å². The molecule has 0 aliphatic heterocycles. The maximum absolute atomic E-state index is 13.2. The highest BCUT2D eigenvalue weighted by atomic mass is 16.5. The predicted molar refractivity (Wildman–Crippen MR) is 105 cm³/mol. The Bertz CT molecular complexity index is 1080. The minimum atomic E-state index is -1.03. The highest BCUT2D eigenvalue weighted by molar-refractivity contribution is 6.17. The molecule has 1 aromatic heterocycles. The summed E-state index contributed by atoms with van der Waals surface area (Å²) in [7, 11) is 0. The lowest BCUT2D eigenvalue weighted by molar-refractivity contribution is 0.104. The number of rotatable bonds is 5. The minimum absolute atomic E-state index is 0.0725. The molecule has 1 heterocycles.